The van der Waals surface area contributed by atoms with Gasteiger partial charge in [-0.1, -0.05) is 90.5 Å². The fraction of sp³-hybridized carbons (Fsp3) is 0.265. The fourth-order valence-corrected chi connectivity index (χ4v) is 7.58. The molecule has 0 bridgehead atoms. The number of hydrogen-bond acceptors (Lipinski definition) is 10. The first-order valence-corrected chi connectivity index (χ1v) is 21.7. The van der Waals surface area contributed by atoms with Crippen molar-refractivity contribution < 1.29 is 26.5 Å². The molecule has 0 radical (unpaired) electrons. The quantitative estimate of drug-likeness (QED) is 0.0599. The number of benzene rings is 5. The van der Waals surface area contributed by atoms with Crippen molar-refractivity contribution in [3.8, 4) is 0 Å². The van der Waals surface area contributed by atoms with Crippen molar-refractivity contribution in [3.63, 3.8) is 0 Å². The van der Waals surface area contributed by atoms with Crippen LogP contribution in [0.4, 0.5) is 11.8 Å². The molecule has 0 fully saturated rings. The number of rotatable bonds is 17. The third-order valence-corrected chi connectivity index (χ3v) is 11.6. The van der Waals surface area contributed by atoms with Crippen LogP contribution in [0.25, 0.3) is 21.9 Å². The van der Waals surface area contributed by atoms with Gasteiger partial charge in [0.05, 0.1) is 33.4 Å². The van der Waals surface area contributed by atoms with Gasteiger partial charge in [-0.25, -0.2) is 0 Å². The van der Waals surface area contributed by atoms with Gasteiger partial charge >= 0.3 is 0 Å². The van der Waals surface area contributed by atoms with Crippen LogP contribution < -0.4 is 21.5 Å². The molecule has 5 aromatic carbocycles. The normalized spacial score (nSPS) is 11.3. The predicted octanol–water partition coefficient (Wildman–Crippen LogP) is 9.78. The molecule has 10 nitrogen and oxygen atoms in total. The van der Waals surface area contributed by atoms with Crippen LogP contribution in [0.1, 0.15) is 64.6 Å². The van der Waals surface area contributed by atoms with Gasteiger partial charge in [0.25, 0.3) is 10.1 Å². The highest BCUT2D eigenvalue weighted by atomic mass is 32.2. The summed E-state index contributed by atoms with van der Waals surface area (Å²) in [4.78, 5) is 25.1. The van der Waals surface area contributed by atoms with Crippen molar-refractivity contribution in [2.24, 2.45) is 0 Å². The monoisotopic (exact) mass is 828 g/mol. The lowest BCUT2D eigenvalue weighted by molar-refractivity contribution is 0.284. The van der Waals surface area contributed by atoms with Crippen LogP contribution in [0.5, 0.6) is 0 Å². The largest absolute Gasteiger partial charge is 0.440 e. The number of anilines is 2. The summed E-state index contributed by atoms with van der Waals surface area (Å²) in [7, 11) is -3.71. The van der Waals surface area contributed by atoms with Crippen molar-refractivity contribution in [1.82, 2.24) is 0 Å². The minimum absolute atomic E-state index is 0.00332. The Kier molecular flexibility index (Phi) is 15.1. The second kappa shape index (κ2) is 20.8. The van der Waals surface area contributed by atoms with Crippen LogP contribution in [0.3, 0.4) is 0 Å². The number of unbranched alkanes of at least 4 members (excludes halogenated alkanes) is 2. The highest BCUT2D eigenvalue weighted by Crippen LogP contribution is 2.22. The number of aryl methyl sites for hydroxylation is 3. The number of nitrogens with one attached hydrogen (secondary N) is 2. The molecule has 0 saturated heterocycles. The van der Waals surface area contributed by atoms with E-state index in [0.717, 1.165) is 48.8 Å². The molecular weight excluding hydrogens is 777 g/mol. The lowest BCUT2D eigenvalue weighted by Gasteiger charge is -2.10. The Hall–Kier alpha value is -6.01. The molecule has 60 heavy (non-hydrogen) atoms. The maximum Gasteiger partial charge on any atom is 0.296 e. The van der Waals surface area contributed by atoms with Crippen molar-refractivity contribution in [2.45, 2.75) is 77.3 Å². The van der Waals surface area contributed by atoms with E-state index in [-0.39, 0.29) is 29.0 Å². The van der Waals surface area contributed by atoms with Crippen molar-refractivity contribution >= 4 is 43.8 Å². The minimum Gasteiger partial charge on any atom is -0.440 e. The van der Waals surface area contributed by atoms with Gasteiger partial charge in [-0.05, 0) is 118 Å². The SMILES string of the molecule is Cc1c(NCc2ccc(CCCCO)cc2)oc2ccccc2c1=O.Cc1ccc(S(=O)(=O)OCCCCc2ccc(CNc3oc4ccccc4c(=O)c3C)cc2)cc1. The zero-order chi connectivity index (χ0) is 42.5. The Labute approximate surface area is 351 Å². The van der Waals surface area contributed by atoms with Gasteiger partial charge in [0.15, 0.2) is 10.9 Å². The summed E-state index contributed by atoms with van der Waals surface area (Å²) >= 11 is 0. The number of para-hydroxylation sites is 2. The summed E-state index contributed by atoms with van der Waals surface area (Å²) < 4.78 is 41.4. The van der Waals surface area contributed by atoms with Gasteiger partial charge < -0.3 is 24.6 Å². The summed E-state index contributed by atoms with van der Waals surface area (Å²) in [6, 6.07) is 37.7. The Balaban J connectivity index is 0.000000213. The average Bonchev–Trinajstić information content (AvgIpc) is 3.26. The molecule has 312 valence electrons. The Morgan fingerprint density at radius 1 is 0.550 bits per heavy atom. The molecule has 2 aromatic heterocycles. The van der Waals surface area contributed by atoms with E-state index < -0.39 is 10.1 Å². The Morgan fingerprint density at radius 2 is 0.983 bits per heavy atom. The van der Waals surface area contributed by atoms with E-state index in [1.54, 1.807) is 56.3 Å². The van der Waals surface area contributed by atoms with Gasteiger partial charge in [-0.2, -0.15) is 8.42 Å². The van der Waals surface area contributed by atoms with Gasteiger partial charge in [0.1, 0.15) is 11.2 Å². The van der Waals surface area contributed by atoms with Gasteiger partial charge in [0.2, 0.25) is 11.8 Å². The lowest BCUT2D eigenvalue weighted by atomic mass is 10.1. The standard InChI is InChI=1S/C28H29NO5S.C21H23NO3/c1-20-10-16-24(17-11-20)35(31,32)33-18-6-5-7-22-12-14-23(15-13-22)19-29-28-21(2)27(30)25-8-3-4-9-26(25)34-28;1-15-20(24)18-7-2-3-8-19(18)25-21(15)22-14-17-11-9-16(10-12-17)6-4-5-13-23/h3-4,8-17,29H,5-7,18-19H2,1-2H3;2-3,7-12,22-23H,4-6,13-14H2,1H3. The van der Waals surface area contributed by atoms with E-state index in [1.165, 1.54) is 11.1 Å². The van der Waals surface area contributed by atoms with Crippen LogP contribution in [-0.2, 0) is 40.2 Å². The molecule has 0 aliphatic rings. The highest BCUT2D eigenvalue weighted by molar-refractivity contribution is 7.86. The third-order valence-electron chi connectivity index (χ3n) is 10.3. The van der Waals surface area contributed by atoms with E-state index >= 15 is 0 Å². The average molecular weight is 829 g/mol. The summed E-state index contributed by atoms with van der Waals surface area (Å²) in [5.74, 6) is 1.01. The molecule has 7 aromatic rings. The molecule has 3 N–H and O–H groups in total. The Bertz CT molecular complexity index is 2720. The van der Waals surface area contributed by atoms with E-state index in [0.29, 0.717) is 64.3 Å². The first-order valence-electron chi connectivity index (χ1n) is 20.3. The van der Waals surface area contributed by atoms with Crippen molar-refractivity contribution in [1.29, 1.82) is 0 Å². The van der Waals surface area contributed by atoms with Crippen LogP contribution in [0, 0.1) is 20.8 Å². The summed E-state index contributed by atoms with van der Waals surface area (Å²) in [6.07, 6.45) is 5.11. The lowest BCUT2D eigenvalue weighted by Crippen LogP contribution is -2.10. The second-order valence-electron chi connectivity index (χ2n) is 14.8. The molecule has 0 spiro atoms. The van der Waals surface area contributed by atoms with Gasteiger partial charge in [0, 0.05) is 19.7 Å². The summed E-state index contributed by atoms with van der Waals surface area (Å²) in [5, 5.41) is 16.5. The molecule has 0 aliphatic heterocycles. The van der Waals surface area contributed by atoms with Crippen LogP contribution in [-0.4, -0.2) is 26.7 Å². The molecule has 0 aliphatic carbocycles. The molecule has 0 atom stereocenters. The minimum atomic E-state index is -3.71. The molecule has 0 saturated carbocycles. The van der Waals surface area contributed by atoms with Crippen molar-refractivity contribution in [2.75, 3.05) is 23.8 Å². The maximum absolute atomic E-state index is 12.5. The summed E-state index contributed by atoms with van der Waals surface area (Å²) in [5.41, 5.74) is 7.93. The van der Waals surface area contributed by atoms with Crippen LogP contribution >= 0.6 is 0 Å². The highest BCUT2D eigenvalue weighted by Gasteiger charge is 2.15. The number of aliphatic hydroxyl groups excluding tert-OH is 1. The topological polar surface area (TPSA) is 148 Å². The molecule has 0 unspecified atom stereocenters. The fourth-order valence-electron chi connectivity index (χ4n) is 6.63. The zero-order valence-corrected chi connectivity index (χ0v) is 35.1. The molecule has 0 amide bonds. The van der Waals surface area contributed by atoms with Gasteiger partial charge in [-0.15, -0.1) is 0 Å². The zero-order valence-electron chi connectivity index (χ0n) is 34.3. The predicted molar refractivity (Wildman–Crippen MR) is 239 cm³/mol. The van der Waals surface area contributed by atoms with E-state index in [9.17, 15) is 18.0 Å². The van der Waals surface area contributed by atoms with E-state index in [1.807, 2.05) is 49.4 Å². The number of hydrogen-bond donors (Lipinski definition) is 3. The molecule has 7 rings (SSSR count). The number of aliphatic hydroxyl groups is 1. The Morgan fingerprint density at radius 3 is 1.45 bits per heavy atom. The molecule has 11 heteroatoms. The van der Waals surface area contributed by atoms with Crippen LogP contribution in [0.2, 0.25) is 0 Å². The molecule has 2 heterocycles. The third kappa shape index (κ3) is 11.6. The smallest absolute Gasteiger partial charge is 0.296 e. The van der Waals surface area contributed by atoms with E-state index in [4.69, 9.17) is 18.1 Å². The van der Waals surface area contributed by atoms with Crippen LogP contribution in [0.15, 0.2) is 145 Å². The summed E-state index contributed by atoms with van der Waals surface area (Å²) in [6.45, 7) is 6.99. The number of fused-ring (bicyclic) bond motifs is 2. The van der Waals surface area contributed by atoms with E-state index in [2.05, 4.69) is 47.0 Å². The second-order valence-corrected chi connectivity index (χ2v) is 16.4. The van der Waals surface area contributed by atoms with Gasteiger partial charge in [-0.3, -0.25) is 13.8 Å². The van der Waals surface area contributed by atoms with Crippen molar-refractivity contribution in [3.05, 3.63) is 181 Å². The first-order chi connectivity index (χ1) is 29.0. The first kappa shape index (κ1) is 43.6. The maximum atomic E-state index is 12.5. The molecular formula is C49H52N2O8S.